The number of hydrogen-bond acceptors (Lipinski definition) is 3. The van der Waals surface area contributed by atoms with E-state index in [9.17, 15) is 14.4 Å². The minimum Gasteiger partial charge on any atom is -0.354 e. The summed E-state index contributed by atoms with van der Waals surface area (Å²) in [6.07, 6.45) is 7.16. The molecular weight excluding hydrogens is 366 g/mol. The van der Waals surface area contributed by atoms with E-state index < -0.39 is 11.6 Å². The molecule has 0 aromatic heterocycles. The van der Waals surface area contributed by atoms with Gasteiger partial charge in [-0.2, -0.15) is 0 Å². The lowest BCUT2D eigenvalue weighted by molar-refractivity contribution is -0.135. The van der Waals surface area contributed by atoms with E-state index >= 15 is 0 Å². The van der Waals surface area contributed by atoms with Gasteiger partial charge in [-0.05, 0) is 37.0 Å². The van der Waals surface area contributed by atoms with Crippen molar-refractivity contribution in [3.63, 3.8) is 0 Å². The van der Waals surface area contributed by atoms with E-state index in [0.717, 1.165) is 36.1 Å². The summed E-state index contributed by atoms with van der Waals surface area (Å²) in [5.41, 5.74) is 0.254. The molecule has 1 saturated carbocycles. The van der Waals surface area contributed by atoms with Crippen LogP contribution in [0.2, 0.25) is 5.02 Å². The molecule has 4 amide bonds. The number of halogens is 1. The zero-order valence-corrected chi connectivity index (χ0v) is 16.2. The fraction of sp³-hybridized carbons (Fsp3) is 0.550. The van der Waals surface area contributed by atoms with Crippen LogP contribution >= 0.6 is 11.6 Å². The lowest BCUT2D eigenvalue weighted by Gasteiger charge is -2.28. The van der Waals surface area contributed by atoms with Crippen molar-refractivity contribution < 1.29 is 14.4 Å². The highest BCUT2D eigenvalue weighted by Gasteiger charge is 2.50. The van der Waals surface area contributed by atoms with Gasteiger partial charge in [0, 0.05) is 11.6 Å². The minimum atomic E-state index is -0.804. The smallest absolute Gasteiger partial charge is 0.325 e. The minimum absolute atomic E-state index is 0.229. The zero-order chi connectivity index (χ0) is 19.3. The first-order valence-corrected chi connectivity index (χ1v) is 10.0. The second-order valence-corrected chi connectivity index (χ2v) is 7.83. The quantitative estimate of drug-likeness (QED) is 0.757. The van der Waals surface area contributed by atoms with Crippen molar-refractivity contribution in [2.75, 3.05) is 13.1 Å². The number of hydrogen-bond donors (Lipinski definition) is 2. The van der Waals surface area contributed by atoms with Crippen molar-refractivity contribution >= 4 is 29.4 Å². The monoisotopic (exact) mass is 391 g/mol. The Bertz CT molecular complexity index is 697. The molecule has 6 nitrogen and oxygen atoms in total. The van der Waals surface area contributed by atoms with E-state index in [1.807, 2.05) is 12.1 Å². The van der Waals surface area contributed by atoms with Crippen LogP contribution in [0.1, 0.15) is 50.5 Å². The van der Waals surface area contributed by atoms with E-state index in [4.69, 9.17) is 11.6 Å². The SMILES string of the molecule is O=C(CN1C(=O)NC2(CCCCCCC2)C1=O)NCCc1ccc(Cl)cc1. The van der Waals surface area contributed by atoms with Crippen molar-refractivity contribution in [1.82, 2.24) is 15.5 Å². The van der Waals surface area contributed by atoms with Crippen molar-refractivity contribution in [1.29, 1.82) is 0 Å². The predicted molar refractivity (Wildman–Crippen MR) is 103 cm³/mol. The molecule has 1 aromatic carbocycles. The summed E-state index contributed by atoms with van der Waals surface area (Å²) in [4.78, 5) is 38.5. The molecule has 1 aromatic rings. The van der Waals surface area contributed by atoms with E-state index in [2.05, 4.69) is 10.6 Å². The molecule has 27 heavy (non-hydrogen) atoms. The number of benzene rings is 1. The maximum Gasteiger partial charge on any atom is 0.325 e. The molecule has 0 atom stereocenters. The molecule has 2 fully saturated rings. The van der Waals surface area contributed by atoms with E-state index in [1.54, 1.807) is 12.1 Å². The highest BCUT2D eigenvalue weighted by molar-refractivity contribution is 6.30. The van der Waals surface area contributed by atoms with Gasteiger partial charge in [0.05, 0.1) is 0 Å². The summed E-state index contributed by atoms with van der Waals surface area (Å²) >= 11 is 5.85. The van der Waals surface area contributed by atoms with Crippen LogP contribution < -0.4 is 10.6 Å². The molecule has 0 bridgehead atoms. The molecule has 146 valence electrons. The third kappa shape index (κ3) is 4.80. The largest absolute Gasteiger partial charge is 0.354 e. The predicted octanol–water partition coefficient (Wildman–Crippen LogP) is 3.03. The summed E-state index contributed by atoms with van der Waals surface area (Å²) in [5.74, 6) is -0.572. The fourth-order valence-electron chi connectivity index (χ4n) is 3.86. The second kappa shape index (κ2) is 8.74. The number of nitrogens with zero attached hydrogens (tertiary/aromatic N) is 1. The Morgan fingerprint density at radius 2 is 1.70 bits per heavy atom. The molecular formula is C20H26ClN3O3. The average Bonchev–Trinajstić information content (AvgIpc) is 2.85. The number of rotatable bonds is 5. The van der Waals surface area contributed by atoms with Gasteiger partial charge in [0.15, 0.2) is 0 Å². The third-order valence-corrected chi connectivity index (χ3v) is 5.66. The number of carbonyl (C=O) groups excluding carboxylic acids is 3. The Hall–Kier alpha value is -2.08. The van der Waals surface area contributed by atoms with Gasteiger partial charge in [-0.15, -0.1) is 0 Å². The normalized spacial score (nSPS) is 19.5. The molecule has 3 rings (SSSR count). The average molecular weight is 392 g/mol. The first kappa shape index (κ1) is 19.7. The molecule has 0 unspecified atom stereocenters. The molecule has 1 spiro atoms. The summed E-state index contributed by atoms with van der Waals surface area (Å²) in [6.45, 7) is 0.211. The summed E-state index contributed by atoms with van der Waals surface area (Å²) in [5, 5.41) is 6.33. The Morgan fingerprint density at radius 1 is 1.07 bits per heavy atom. The van der Waals surface area contributed by atoms with Gasteiger partial charge < -0.3 is 10.6 Å². The molecule has 1 saturated heterocycles. The molecule has 2 N–H and O–H groups in total. The second-order valence-electron chi connectivity index (χ2n) is 7.40. The lowest BCUT2D eigenvalue weighted by atomic mass is 9.84. The number of imide groups is 1. The van der Waals surface area contributed by atoms with Gasteiger partial charge in [0.25, 0.3) is 5.91 Å². The summed E-state index contributed by atoms with van der Waals surface area (Å²) in [7, 11) is 0. The maximum atomic E-state index is 12.9. The number of urea groups is 1. The third-order valence-electron chi connectivity index (χ3n) is 5.40. The van der Waals surface area contributed by atoms with Crippen molar-refractivity contribution in [3.05, 3.63) is 34.9 Å². The summed E-state index contributed by atoms with van der Waals surface area (Å²) < 4.78 is 0. The van der Waals surface area contributed by atoms with Crippen LogP contribution in [0.25, 0.3) is 0 Å². The van der Waals surface area contributed by atoms with Crippen LogP contribution in [0.5, 0.6) is 0 Å². The Balaban J connectivity index is 1.51. The highest BCUT2D eigenvalue weighted by Crippen LogP contribution is 2.31. The first-order chi connectivity index (χ1) is 13.0. The number of carbonyl (C=O) groups is 3. The van der Waals surface area contributed by atoms with Crippen LogP contribution in [-0.4, -0.2) is 41.4 Å². The topological polar surface area (TPSA) is 78.5 Å². The number of amides is 4. The standard InChI is InChI=1S/C20H26ClN3O3/c21-16-8-6-15(7-9-16)10-13-22-17(25)14-24-18(26)20(23-19(24)27)11-4-2-1-3-5-12-20/h6-9H,1-5,10-14H2,(H,22,25)(H,23,27). The Kier molecular flexibility index (Phi) is 6.37. The van der Waals surface area contributed by atoms with Crippen molar-refractivity contribution in [2.24, 2.45) is 0 Å². The summed E-state index contributed by atoms with van der Waals surface area (Å²) in [6, 6.07) is 6.98. The Morgan fingerprint density at radius 3 is 2.37 bits per heavy atom. The molecule has 0 radical (unpaired) electrons. The Labute approximate surface area is 164 Å². The van der Waals surface area contributed by atoms with Gasteiger partial charge in [-0.3, -0.25) is 14.5 Å². The van der Waals surface area contributed by atoms with Crippen LogP contribution in [0.3, 0.4) is 0 Å². The van der Waals surface area contributed by atoms with Gasteiger partial charge in [0.1, 0.15) is 12.1 Å². The van der Waals surface area contributed by atoms with E-state index in [-0.39, 0.29) is 18.4 Å². The van der Waals surface area contributed by atoms with Crippen molar-refractivity contribution in [2.45, 2.75) is 56.9 Å². The van der Waals surface area contributed by atoms with E-state index in [0.29, 0.717) is 30.8 Å². The molecule has 1 heterocycles. The van der Waals surface area contributed by atoms with Crippen LogP contribution in [-0.2, 0) is 16.0 Å². The molecule has 7 heteroatoms. The molecule has 1 aliphatic carbocycles. The van der Waals surface area contributed by atoms with Crippen LogP contribution in [0.15, 0.2) is 24.3 Å². The van der Waals surface area contributed by atoms with Gasteiger partial charge in [-0.25, -0.2) is 4.79 Å². The van der Waals surface area contributed by atoms with Gasteiger partial charge in [0.2, 0.25) is 5.91 Å². The van der Waals surface area contributed by atoms with Crippen LogP contribution in [0, 0.1) is 0 Å². The first-order valence-electron chi connectivity index (χ1n) is 9.65. The van der Waals surface area contributed by atoms with Gasteiger partial charge in [-0.1, -0.05) is 55.8 Å². The molecule has 2 aliphatic rings. The molecule has 1 aliphatic heterocycles. The maximum absolute atomic E-state index is 12.9. The van der Waals surface area contributed by atoms with E-state index in [1.165, 1.54) is 6.42 Å². The van der Waals surface area contributed by atoms with Crippen LogP contribution in [0.4, 0.5) is 4.79 Å². The number of nitrogens with one attached hydrogen (secondary N) is 2. The van der Waals surface area contributed by atoms with Crippen molar-refractivity contribution in [3.8, 4) is 0 Å². The fourth-order valence-corrected chi connectivity index (χ4v) is 3.99. The zero-order valence-electron chi connectivity index (χ0n) is 15.4. The highest BCUT2D eigenvalue weighted by atomic mass is 35.5. The lowest BCUT2D eigenvalue weighted by Crippen LogP contribution is -2.48. The van der Waals surface area contributed by atoms with Gasteiger partial charge >= 0.3 is 6.03 Å².